The van der Waals surface area contributed by atoms with E-state index in [4.69, 9.17) is 0 Å². The van der Waals surface area contributed by atoms with Gasteiger partial charge in [0.25, 0.3) is 5.91 Å². The summed E-state index contributed by atoms with van der Waals surface area (Å²) >= 11 is 0. The largest absolute Gasteiger partial charge is 0.334 e. The van der Waals surface area contributed by atoms with Crippen LogP contribution in [0, 0.1) is 12.7 Å². The lowest BCUT2D eigenvalue weighted by Gasteiger charge is -2.18. The van der Waals surface area contributed by atoms with Gasteiger partial charge >= 0.3 is 0 Å². The van der Waals surface area contributed by atoms with Gasteiger partial charge in [0.15, 0.2) is 0 Å². The number of amides is 1. The Bertz CT molecular complexity index is 871. The van der Waals surface area contributed by atoms with Crippen molar-refractivity contribution in [3.63, 3.8) is 0 Å². The number of aryl methyl sites for hydroxylation is 1. The lowest BCUT2D eigenvalue weighted by molar-refractivity contribution is 0.0780. The number of halogens is 1. The first-order chi connectivity index (χ1) is 12.0. The van der Waals surface area contributed by atoms with Crippen molar-refractivity contribution in [2.45, 2.75) is 20.0 Å². The lowest BCUT2D eigenvalue weighted by Crippen LogP contribution is -2.27. The van der Waals surface area contributed by atoms with E-state index in [-0.39, 0.29) is 11.7 Å². The molecule has 0 atom stereocenters. The summed E-state index contributed by atoms with van der Waals surface area (Å²) < 4.78 is 15.7. The number of carbonyl (C=O) groups is 1. The second-order valence-electron chi connectivity index (χ2n) is 6.09. The predicted octanol–water partition coefficient (Wildman–Crippen LogP) is 3.65. The number of imidazole rings is 1. The Morgan fingerprint density at radius 1 is 1.16 bits per heavy atom. The van der Waals surface area contributed by atoms with Gasteiger partial charge in [0.05, 0.1) is 13.1 Å². The third-order valence-electron chi connectivity index (χ3n) is 4.12. The van der Waals surface area contributed by atoms with Gasteiger partial charge in [0.1, 0.15) is 11.6 Å². The van der Waals surface area contributed by atoms with E-state index in [0.717, 1.165) is 5.56 Å². The van der Waals surface area contributed by atoms with Crippen molar-refractivity contribution in [1.82, 2.24) is 14.5 Å². The number of hydrogen-bond acceptors (Lipinski definition) is 2. The minimum atomic E-state index is -0.244. The van der Waals surface area contributed by atoms with Gasteiger partial charge in [-0.2, -0.15) is 0 Å². The third kappa shape index (κ3) is 3.94. The topological polar surface area (TPSA) is 38.1 Å². The van der Waals surface area contributed by atoms with Gasteiger partial charge in [-0.15, -0.1) is 0 Å². The maximum Gasteiger partial charge on any atom is 0.253 e. The van der Waals surface area contributed by atoms with E-state index in [1.54, 1.807) is 36.5 Å². The molecule has 0 aliphatic carbocycles. The maximum atomic E-state index is 13.9. The molecule has 5 heteroatoms. The number of aromatic nitrogens is 2. The Balaban J connectivity index is 1.73. The molecular weight excluding hydrogens is 317 g/mol. The Morgan fingerprint density at radius 3 is 2.60 bits per heavy atom. The molecule has 0 radical (unpaired) electrons. The number of carbonyl (C=O) groups excluding carboxylic acids is 1. The van der Waals surface area contributed by atoms with Crippen molar-refractivity contribution in [2.75, 3.05) is 7.05 Å². The van der Waals surface area contributed by atoms with Gasteiger partial charge in [0, 0.05) is 30.6 Å². The molecule has 3 rings (SSSR count). The van der Waals surface area contributed by atoms with Crippen LogP contribution in [0.1, 0.15) is 27.3 Å². The van der Waals surface area contributed by atoms with Crippen LogP contribution in [0.4, 0.5) is 4.39 Å². The molecule has 0 unspecified atom stereocenters. The maximum absolute atomic E-state index is 13.9. The summed E-state index contributed by atoms with van der Waals surface area (Å²) in [5.74, 6) is 0.401. The minimum Gasteiger partial charge on any atom is -0.334 e. The standard InChI is InChI=1S/C20H20FN3O/c1-15-7-9-16(10-8-15)20(25)23(2)14-19-22-11-12-24(19)13-17-5-3-4-6-18(17)21/h3-12H,13-14H2,1-2H3. The fraction of sp³-hybridized carbons (Fsp3) is 0.200. The average Bonchev–Trinajstić information content (AvgIpc) is 3.04. The normalized spacial score (nSPS) is 10.7. The van der Waals surface area contributed by atoms with Crippen molar-refractivity contribution in [3.8, 4) is 0 Å². The summed E-state index contributed by atoms with van der Waals surface area (Å²) in [7, 11) is 1.74. The first-order valence-electron chi connectivity index (χ1n) is 8.10. The van der Waals surface area contributed by atoms with Gasteiger partial charge in [-0.3, -0.25) is 4.79 Å². The Kier molecular flexibility index (Phi) is 4.93. The lowest BCUT2D eigenvalue weighted by atomic mass is 10.1. The van der Waals surface area contributed by atoms with Gasteiger partial charge < -0.3 is 9.47 Å². The summed E-state index contributed by atoms with van der Waals surface area (Å²) in [6, 6.07) is 14.1. The number of nitrogens with zero attached hydrogens (tertiary/aromatic N) is 3. The highest BCUT2D eigenvalue weighted by Crippen LogP contribution is 2.13. The van der Waals surface area contributed by atoms with Crippen molar-refractivity contribution in [1.29, 1.82) is 0 Å². The highest BCUT2D eigenvalue weighted by atomic mass is 19.1. The minimum absolute atomic E-state index is 0.0690. The monoisotopic (exact) mass is 337 g/mol. The molecule has 1 amide bonds. The predicted molar refractivity (Wildman–Crippen MR) is 94.7 cm³/mol. The summed E-state index contributed by atoms with van der Waals surface area (Å²) in [6.07, 6.45) is 3.46. The van der Waals surface area contributed by atoms with Crippen LogP contribution < -0.4 is 0 Å². The smallest absolute Gasteiger partial charge is 0.253 e. The van der Waals surface area contributed by atoms with Crippen LogP contribution in [0.15, 0.2) is 60.9 Å². The highest BCUT2D eigenvalue weighted by Gasteiger charge is 2.15. The molecule has 25 heavy (non-hydrogen) atoms. The van der Waals surface area contributed by atoms with E-state index in [9.17, 15) is 9.18 Å². The van der Waals surface area contributed by atoms with E-state index in [1.165, 1.54) is 6.07 Å². The summed E-state index contributed by atoms with van der Waals surface area (Å²) in [4.78, 5) is 18.5. The van der Waals surface area contributed by atoms with E-state index >= 15 is 0 Å². The van der Waals surface area contributed by atoms with Gasteiger partial charge in [-0.1, -0.05) is 35.9 Å². The summed E-state index contributed by atoms with van der Waals surface area (Å²) in [5.41, 5.74) is 2.34. The van der Waals surface area contributed by atoms with Crippen LogP contribution in [0.2, 0.25) is 0 Å². The molecule has 1 aromatic heterocycles. The van der Waals surface area contributed by atoms with Crippen molar-refractivity contribution < 1.29 is 9.18 Å². The highest BCUT2D eigenvalue weighted by molar-refractivity contribution is 5.94. The fourth-order valence-electron chi connectivity index (χ4n) is 2.65. The molecule has 4 nitrogen and oxygen atoms in total. The number of rotatable bonds is 5. The van der Waals surface area contributed by atoms with Crippen LogP contribution in [-0.2, 0) is 13.1 Å². The van der Waals surface area contributed by atoms with Gasteiger partial charge in [0.2, 0.25) is 0 Å². The van der Waals surface area contributed by atoms with Crippen LogP contribution in [0.25, 0.3) is 0 Å². The zero-order valence-electron chi connectivity index (χ0n) is 14.3. The quantitative estimate of drug-likeness (QED) is 0.713. The second kappa shape index (κ2) is 7.30. The zero-order chi connectivity index (χ0) is 17.8. The zero-order valence-corrected chi connectivity index (χ0v) is 14.3. The molecule has 3 aromatic rings. The first-order valence-corrected chi connectivity index (χ1v) is 8.10. The van der Waals surface area contributed by atoms with E-state index in [2.05, 4.69) is 4.98 Å². The molecule has 0 N–H and O–H groups in total. The molecule has 0 bridgehead atoms. The Labute approximate surface area is 146 Å². The first kappa shape index (κ1) is 16.9. The molecular formula is C20H20FN3O. The van der Waals surface area contributed by atoms with Crippen LogP contribution in [0.5, 0.6) is 0 Å². The molecule has 0 fully saturated rings. The third-order valence-corrected chi connectivity index (χ3v) is 4.12. The molecule has 1 heterocycles. The number of benzene rings is 2. The van der Waals surface area contributed by atoms with Crippen molar-refractivity contribution >= 4 is 5.91 Å². The van der Waals surface area contributed by atoms with E-state index in [1.807, 2.05) is 41.8 Å². The average molecular weight is 337 g/mol. The van der Waals surface area contributed by atoms with Gasteiger partial charge in [-0.05, 0) is 25.1 Å². The fourth-order valence-corrected chi connectivity index (χ4v) is 2.65. The molecule has 0 saturated heterocycles. The SMILES string of the molecule is Cc1ccc(C(=O)N(C)Cc2nccn2Cc2ccccc2F)cc1. The van der Waals surface area contributed by atoms with E-state index in [0.29, 0.717) is 30.0 Å². The van der Waals surface area contributed by atoms with E-state index < -0.39 is 0 Å². The van der Waals surface area contributed by atoms with Crippen molar-refractivity contribution in [3.05, 3.63) is 89.3 Å². The van der Waals surface area contributed by atoms with Crippen LogP contribution in [0.3, 0.4) is 0 Å². The molecule has 0 saturated carbocycles. The number of hydrogen-bond donors (Lipinski definition) is 0. The summed E-state index contributed by atoms with van der Waals surface area (Å²) in [5, 5.41) is 0. The molecule has 128 valence electrons. The molecule has 0 aliphatic heterocycles. The van der Waals surface area contributed by atoms with Gasteiger partial charge in [-0.25, -0.2) is 9.37 Å². The summed E-state index contributed by atoms with van der Waals surface area (Å²) in [6.45, 7) is 2.72. The van der Waals surface area contributed by atoms with Crippen molar-refractivity contribution in [2.24, 2.45) is 0 Å². The van der Waals surface area contributed by atoms with Crippen LogP contribution >= 0.6 is 0 Å². The molecule has 0 spiro atoms. The Hall–Kier alpha value is -2.95. The molecule has 2 aromatic carbocycles. The Morgan fingerprint density at radius 2 is 1.88 bits per heavy atom. The second-order valence-corrected chi connectivity index (χ2v) is 6.09. The molecule has 0 aliphatic rings. The van der Waals surface area contributed by atoms with Crippen LogP contribution in [-0.4, -0.2) is 27.4 Å².